The van der Waals surface area contributed by atoms with Gasteiger partial charge in [0, 0.05) is 26.1 Å². The van der Waals surface area contributed by atoms with Crippen LogP contribution in [0.3, 0.4) is 0 Å². The zero-order valence-corrected chi connectivity index (χ0v) is 13.3. The van der Waals surface area contributed by atoms with Crippen molar-refractivity contribution in [3.05, 3.63) is 0 Å². The first kappa shape index (κ1) is 19.6. The fourth-order valence-electron chi connectivity index (χ4n) is 1.65. The van der Waals surface area contributed by atoms with Crippen LogP contribution in [-0.4, -0.2) is 38.4 Å². The van der Waals surface area contributed by atoms with Crippen LogP contribution in [0.25, 0.3) is 0 Å². The van der Waals surface area contributed by atoms with E-state index in [0.29, 0.717) is 26.1 Å². The molecule has 0 spiro atoms. The zero-order chi connectivity index (χ0) is 15.9. The van der Waals surface area contributed by atoms with Gasteiger partial charge in [0.25, 0.3) is 0 Å². The lowest BCUT2D eigenvalue weighted by Crippen LogP contribution is -2.15. The third kappa shape index (κ3) is 12.1. The van der Waals surface area contributed by atoms with Crippen molar-refractivity contribution in [2.24, 2.45) is 0 Å². The van der Waals surface area contributed by atoms with Crippen LogP contribution in [0.5, 0.6) is 0 Å². The van der Waals surface area contributed by atoms with Gasteiger partial charge in [-0.1, -0.05) is 12.8 Å². The van der Waals surface area contributed by atoms with E-state index < -0.39 is 6.29 Å². The minimum absolute atomic E-state index is 0.104. The van der Waals surface area contributed by atoms with Crippen molar-refractivity contribution >= 4 is 11.8 Å². The molecule has 0 amide bonds. The van der Waals surface area contributed by atoms with Gasteiger partial charge in [-0.2, -0.15) is 0 Å². The molecule has 0 saturated heterocycles. The van der Waals surface area contributed by atoms with Crippen LogP contribution in [-0.2, 0) is 23.8 Å². The zero-order valence-electron chi connectivity index (χ0n) is 13.3. The van der Waals surface area contributed by atoms with Gasteiger partial charge in [-0.25, -0.2) is 0 Å². The second kappa shape index (κ2) is 13.6. The molecule has 0 radical (unpaired) electrons. The van der Waals surface area contributed by atoms with Crippen LogP contribution in [0.1, 0.15) is 52.4 Å². The van der Waals surface area contributed by atoms with Crippen LogP contribution in [0.4, 0.5) is 0 Å². The Morgan fingerprint density at radius 2 is 1.52 bits per heavy atom. The Morgan fingerprint density at radius 3 is 2.05 bits per heavy atom. The number of carbonyl (C=O) groups excluding carboxylic acids is 2. The number of methoxy groups -OCH3 is 1. The molecule has 0 aromatic heterocycles. The SMILES string of the molecule is CCOC(C#CC(=O)CCCCCCC(=O)OC)OCC. The van der Waals surface area contributed by atoms with Crippen molar-refractivity contribution in [1.29, 1.82) is 0 Å². The van der Waals surface area contributed by atoms with Gasteiger partial charge in [0.1, 0.15) is 0 Å². The van der Waals surface area contributed by atoms with E-state index in [2.05, 4.69) is 16.6 Å². The van der Waals surface area contributed by atoms with E-state index in [4.69, 9.17) is 9.47 Å². The summed E-state index contributed by atoms with van der Waals surface area (Å²) in [5.74, 6) is 4.96. The van der Waals surface area contributed by atoms with E-state index in [1.807, 2.05) is 13.8 Å². The fourth-order valence-corrected chi connectivity index (χ4v) is 1.65. The molecule has 0 unspecified atom stereocenters. The maximum Gasteiger partial charge on any atom is 0.305 e. The smallest absolute Gasteiger partial charge is 0.305 e. The number of hydrogen-bond donors (Lipinski definition) is 0. The highest BCUT2D eigenvalue weighted by Crippen LogP contribution is 2.06. The standard InChI is InChI=1S/C16H26O5/c1-4-20-16(21-5-2)13-12-14(17)10-8-6-7-9-11-15(18)19-3/h16H,4-11H2,1-3H3. The summed E-state index contributed by atoms with van der Waals surface area (Å²) in [5, 5.41) is 0. The average Bonchev–Trinajstić information content (AvgIpc) is 2.48. The molecular weight excluding hydrogens is 272 g/mol. The molecule has 21 heavy (non-hydrogen) atoms. The van der Waals surface area contributed by atoms with E-state index >= 15 is 0 Å². The lowest BCUT2D eigenvalue weighted by molar-refractivity contribution is -0.140. The largest absolute Gasteiger partial charge is 0.469 e. The van der Waals surface area contributed by atoms with Crippen molar-refractivity contribution in [3.8, 4) is 11.8 Å². The summed E-state index contributed by atoms with van der Waals surface area (Å²) >= 11 is 0. The summed E-state index contributed by atoms with van der Waals surface area (Å²) in [6, 6.07) is 0. The number of esters is 1. The predicted octanol–water partition coefficient (Wildman–Crippen LogP) is 2.47. The fraction of sp³-hybridized carbons (Fsp3) is 0.750. The first-order chi connectivity index (χ1) is 10.1. The Balaban J connectivity index is 3.77. The van der Waals surface area contributed by atoms with Gasteiger partial charge in [0.15, 0.2) is 0 Å². The molecule has 5 nitrogen and oxygen atoms in total. The number of Topliss-reactive ketones (excluding diaryl/α,β-unsaturated/α-hetero) is 1. The molecule has 0 heterocycles. The molecular formula is C16H26O5. The molecule has 0 atom stereocenters. The predicted molar refractivity (Wildman–Crippen MR) is 79.5 cm³/mol. The molecule has 0 aliphatic rings. The van der Waals surface area contributed by atoms with Crippen molar-refractivity contribution in [2.45, 2.75) is 58.7 Å². The van der Waals surface area contributed by atoms with Crippen LogP contribution in [0.2, 0.25) is 0 Å². The van der Waals surface area contributed by atoms with Gasteiger partial charge in [-0.15, -0.1) is 0 Å². The van der Waals surface area contributed by atoms with Crippen molar-refractivity contribution in [3.63, 3.8) is 0 Å². The van der Waals surface area contributed by atoms with E-state index in [1.54, 1.807) is 0 Å². The molecule has 0 fully saturated rings. The Bertz CT molecular complexity index is 347. The van der Waals surface area contributed by atoms with Crippen LogP contribution < -0.4 is 0 Å². The molecule has 120 valence electrons. The van der Waals surface area contributed by atoms with E-state index in [1.165, 1.54) is 7.11 Å². The normalized spacial score (nSPS) is 10.1. The summed E-state index contributed by atoms with van der Waals surface area (Å²) in [4.78, 5) is 22.5. The lowest BCUT2D eigenvalue weighted by Gasteiger charge is -2.09. The molecule has 0 saturated carbocycles. The van der Waals surface area contributed by atoms with Crippen molar-refractivity contribution in [2.75, 3.05) is 20.3 Å². The number of hydrogen-bond acceptors (Lipinski definition) is 5. The molecule has 0 rings (SSSR count). The van der Waals surface area contributed by atoms with Gasteiger partial charge in [0.2, 0.25) is 12.1 Å². The Kier molecular flexibility index (Phi) is 12.7. The summed E-state index contributed by atoms with van der Waals surface area (Å²) in [7, 11) is 1.39. The second-order valence-electron chi connectivity index (χ2n) is 4.43. The van der Waals surface area contributed by atoms with E-state index in [9.17, 15) is 9.59 Å². The molecule has 0 aliphatic carbocycles. The number of ether oxygens (including phenoxy) is 3. The topological polar surface area (TPSA) is 61.8 Å². The molecule has 0 aromatic rings. The van der Waals surface area contributed by atoms with Gasteiger partial charge < -0.3 is 14.2 Å². The van der Waals surface area contributed by atoms with Crippen LogP contribution in [0.15, 0.2) is 0 Å². The Labute approximate surface area is 127 Å². The van der Waals surface area contributed by atoms with Gasteiger partial charge in [0.05, 0.1) is 7.11 Å². The Hall–Kier alpha value is -1.38. The number of unbranched alkanes of at least 4 members (excludes halogenated alkanes) is 3. The third-order valence-electron chi connectivity index (χ3n) is 2.73. The summed E-state index contributed by atoms with van der Waals surface area (Å²) in [6.45, 7) is 4.69. The van der Waals surface area contributed by atoms with Crippen molar-refractivity contribution < 1.29 is 23.8 Å². The Morgan fingerprint density at radius 1 is 0.952 bits per heavy atom. The van der Waals surface area contributed by atoms with Gasteiger partial charge in [-0.05, 0) is 38.5 Å². The first-order valence-electron chi connectivity index (χ1n) is 7.48. The maximum atomic E-state index is 11.6. The molecule has 0 N–H and O–H groups in total. The molecule has 0 aromatic carbocycles. The summed E-state index contributed by atoms with van der Waals surface area (Å²) in [6.07, 6.45) is 3.64. The minimum atomic E-state index is -0.621. The minimum Gasteiger partial charge on any atom is -0.469 e. The monoisotopic (exact) mass is 298 g/mol. The van der Waals surface area contributed by atoms with Crippen LogP contribution >= 0.6 is 0 Å². The first-order valence-corrected chi connectivity index (χ1v) is 7.48. The third-order valence-corrected chi connectivity index (χ3v) is 2.73. The number of ketones is 1. The number of rotatable bonds is 11. The van der Waals surface area contributed by atoms with Gasteiger partial charge >= 0.3 is 5.97 Å². The summed E-state index contributed by atoms with van der Waals surface area (Å²) < 4.78 is 15.0. The highest BCUT2D eigenvalue weighted by molar-refractivity contribution is 5.95. The highest BCUT2D eigenvalue weighted by Gasteiger charge is 2.04. The summed E-state index contributed by atoms with van der Waals surface area (Å²) in [5.41, 5.74) is 0. The molecule has 0 aliphatic heterocycles. The quantitative estimate of drug-likeness (QED) is 0.193. The number of carbonyl (C=O) groups is 2. The lowest BCUT2D eigenvalue weighted by atomic mass is 10.1. The van der Waals surface area contributed by atoms with Gasteiger partial charge in [-0.3, -0.25) is 9.59 Å². The highest BCUT2D eigenvalue weighted by atomic mass is 16.7. The molecule has 0 bridgehead atoms. The van der Waals surface area contributed by atoms with E-state index in [-0.39, 0.29) is 11.8 Å². The van der Waals surface area contributed by atoms with E-state index in [0.717, 1.165) is 25.7 Å². The van der Waals surface area contributed by atoms with Crippen LogP contribution in [0, 0.1) is 11.8 Å². The second-order valence-corrected chi connectivity index (χ2v) is 4.43. The molecule has 5 heteroatoms. The van der Waals surface area contributed by atoms with Crippen molar-refractivity contribution in [1.82, 2.24) is 0 Å². The maximum absolute atomic E-state index is 11.6. The average molecular weight is 298 g/mol.